The smallest absolute Gasteiger partial charge is 0.346 e. The number of allylic oxidation sites excluding steroid dienone is 4. The maximum absolute atomic E-state index is 11.4. The summed E-state index contributed by atoms with van der Waals surface area (Å²) in [6.07, 6.45) is 8.97. The summed E-state index contributed by atoms with van der Waals surface area (Å²) in [6.45, 7) is 1.91. The highest BCUT2D eigenvalue weighted by molar-refractivity contribution is 5.91. The fourth-order valence-electron chi connectivity index (χ4n) is 1.57. The zero-order valence-corrected chi connectivity index (χ0v) is 12.7. The van der Waals surface area contributed by atoms with Crippen LogP contribution in [0.15, 0.2) is 54.1 Å². The molecule has 0 amide bonds. The van der Waals surface area contributed by atoms with Crippen molar-refractivity contribution < 1.29 is 19.4 Å². The minimum absolute atomic E-state index is 0.253. The molecule has 0 saturated heterocycles. The van der Waals surface area contributed by atoms with Crippen molar-refractivity contribution in [1.82, 2.24) is 0 Å². The van der Waals surface area contributed by atoms with Crippen LogP contribution in [0.2, 0.25) is 0 Å². The van der Waals surface area contributed by atoms with E-state index in [4.69, 9.17) is 15.1 Å². The number of carboxylic acid groups (broad SMARTS) is 1. The number of benzene rings is 1. The highest BCUT2D eigenvalue weighted by Crippen LogP contribution is 2.14. The highest BCUT2D eigenvalue weighted by Gasteiger charge is 2.03. The number of hydrogen-bond donors (Lipinski definition) is 1. The van der Waals surface area contributed by atoms with Crippen molar-refractivity contribution in [3.8, 4) is 11.8 Å². The maximum atomic E-state index is 11.4. The molecule has 5 nitrogen and oxygen atoms in total. The molecule has 0 heterocycles. The van der Waals surface area contributed by atoms with Gasteiger partial charge in [0, 0.05) is 6.42 Å². The molecule has 1 aromatic rings. The predicted octanol–water partition coefficient (Wildman–Crippen LogP) is 3.50. The maximum Gasteiger partial charge on any atom is 0.346 e. The van der Waals surface area contributed by atoms with E-state index in [1.165, 1.54) is 12.2 Å². The first-order chi connectivity index (χ1) is 11.1. The Bertz CT molecular complexity index is 676. The third kappa shape index (κ3) is 6.91. The van der Waals surface area contributed by atoms with Crippen molar-refractivity contribution in [2.75, 3.05) is 0 Å². The van der Waals surface area contributed by atoms with Gasteiger partial charge in [-0.25, -0.2) is 4.79 Å². The van der Waals surface area contributed by atoms with E-state index < -0.39 is 5.97 Å². The number of aliphatic carboxylic acids is 1. The average molecular weight is 311 g/mol. The topological polar surface area (TPSA) is 87.4 Å². The van der Waals surface area contributed by atoms with Gasteiger partial charge in [0.1, 0.15) is 17.4 Å². The number of hydrogen-bond acceptors (Lipinski definition) is 4. The first-order valence-corrected chi connectivity index (χ1v) is 7.06. The van der Waals surface area contributed by atoms with Crippen molar-refractivity contribution in [2.24, 2.45) is 0 Å². The van der Waals surface area contributed by atoms with Crippen LogP contribution in [0.1, 0.15) is 25.3 Å². The van der Waals surface area contributed by atoms with E-state index in [1.54, 1.807) is 48.6 Å². The zero-order valence-electron chi connectivity index (χ0n) is 12.7. The van der Waals surface area contributed by atoms with Gasteiger partial charge in [0.2, 0.25) is 0 Å². The van der Waals surface area contributed by atoms with Crippen LogP contribution in [0.25, 0.3) is 6.08 Å². The van der Waals surface area contributed by atoms with Gasteiger partial charge in [0.25, 0.3) is 0 Å². The highest BCUT2D eigenvalue weighted by atomic mass is 16.5. The van der Waals surface area contributed by atoms with E-state index in [-0.39, 0.29) is 11.5 Å². The van der Waals surface area contributed by atoms with Crippen LogP contribution in [0.3, 0.4) is 0 Å². The number of ether oxygens (including phenoxy) is 1. The normalized spacial score (nSPS) is 11.6. The molecule has 0 spiro atoms. The minimum Gasteiger partial charge on any atom is -0.477 e. The largest absolute Gasteiger partial charge is 0.477 e. The third-order valence-corrected chi connectivity index (χ3v) is 2.69. The Morgan fingerprint density at radius 1 is 1.22 bits per heavy atom. The Kier molecular flexibility index (Phi) is 7.59. The predicted molar refractivity (Wildman–Crippen MR) is 86.5 cm³/mol. The van der Waals surface area contributed by atoms with E-state index in [0.717, 1.165) is 12.0 Å². The number of nitriles is 1. The first-order valence-electron chi connectivity index (χ1n) is 7.06. The minimum atomic E-state index is -1.26. The molecule has 1 aromatic carbocycles. The summed E-state index contributed by atoms with van der Waals surface area (Å²) in [4.78, 5) is 21.9. The number of esters is 1. The lowest BCUT2D eigenvalue weighted by molar-refractivity contribution is -0.134. The van der Waals surface area contributed by atoms with Crippen LogP contribution < -0.4 is 4.74 Å². The summed E-state index contributed by atoms with van der Waals surface area (Å²) in [5.41, 5.74) is 0.570. The standard InChI is InChI=1S/C18H17NO4/c1-2-6-17(20)23-16-11-9-14(10-12-16)7-4-3-5-8-15(13-19)18(21)22/h3-5,7-12H,2,6H2,1H3,(H,21,22). The van der Waals surface area contributed by atoms with Gasteiger partial charge in [-0.2, -0.15) is 5.26 Å². The molecule has 0 bridgehead atoms. The number of nitrogens with zero attached hydrogens (tertiary/aromatic N) is 1. The second kappa shape index (κ2) is 9.74. The van der Waals surface area contributed by atoms with E-state index in [1.807, 2.05) is 6.92 Å². The van der Waals surface area contributed by atoms with E-state index in [0.29, 0.717) is 12.2 Å². The summed E-state index contributed by atoms with van der Waals surface area (Å²) >= 11 is 0. The molecule has 0 unspecified atom stereocenters. The quantitative estimate of drug-likeness (QED) is 0.274. The molecule has 23 heavy (non-hydrogen) atoms. The number of carboxylic acids is 1. The fourth-order valence-corrected chi connectivity index (χ4v) is 1.57. The van der Waals surface area contributed by atoms with E-state index >= 15 is 0 Å². The number of carbonyl (C=O) groups is 2. The van der Waals surface area contributed by atoms with Crippen LogP contribution in [-0.4, -0.2) is 17.0 Å². The molecule has 0 saturated carbocycles. The summed E-state index contributed by atoms with van der Waals surface area (Å²) in [7, 11) is 0. The lowest BCUT2D eigenvalue weighted by Gasteiger charge is -2.03. The Hall–Kier alpha value is -3.13. The summed E-state index contributed by atoms with van der Waals surface area (Å²) < 4.78 is 5.14. The Balaban J connectivity index is 2.60. The van der Waals surface area contributed by atoms with Gasteiger partial charge in [-0.3, -0.25) is 4.79 Å². The van der Waals surface area contributed by atoms with Crippen LogP contribution in [0.4, 0.5) is 0 Å². The molecule has 0 aliphatic carbocycles. The molecule has 0 aliphatic heterocycles. The Morgan fingerprint density at radius 3 is 2.48 bits per heavy atom. The van der Waals surface area contributed by atoms with Gasteiger partial charge in [0.05, 0.1) is 0 Å². The average Bonchev–Trinajstić information content (AvgIpc) is 2.52. The van der Waals surface area contributed by atoms with Crippen molar-refractivity contribution in [3.05, 3.63) is 59.7 Å². The molecule has 0 atom stereocenters. The summed E-state index contributed by atoms with van der Waals surface area (Å²) in [5, 5.41) is 17.2. The molecular weight excluding hydrogens is 294 g/mol. The summed E-state index contributed by atoms with van der Waals surface area (Å²) in [6, 6.07) is 8.59. The molecule has 5 heteroatoms. The fraction of sp³-hybridized carbons (Fsp3) is 0.167. The monoisotopic (exact) mass is 311 g/mol. The molecule has 0 radical (unpaired) electrons. The van der Waals surface area contributed by atoms with Crippen molar-refractivity contribution in [3.63, 3.8) is 0 Å². The zero-order chi connectivity index (χ0) is 17.1. The molecule has 0 aromatic heterocycles. The molecule has 1 rings (SSSR count). The van der Waals surface area contributed by atoms with Crippen LogP contribution in [0, 0.1) is 11.3 Å². The second-order valence-corrected chi connectivity index (χ2v) is 4.53. The third-order valence-electron chi connectivity index (χ3n) is 2.69. The van der Waals surface area contributed by atoms with E-state index in [9.17, 15) is 9.59 Å². The Morgan fingerprint density at radius 2 is 1.91 bits per heavy atom. The van der Waals surface area contributed by atoms with Crippen molar-refractivity contribution >= 4 is 18.0 Å². The first kappa shape index (κ1) is 17.9. The summed E-state index contributed by atoms with van der Waals surface area (Å²) in [5.74, 6) is -1.01. The molecular formula is C18H17NO4. The van der Waals surface area contributed by atoms with Crippen LogP contribution >= 0.6 is 0 Å². The molecule has 1 N–H and O–H groups in total. The van der Waals surface area contributed by atoms with Gasteiger partial charge in [-0.1, -0.05) is 43.4 Å². The van der Waals surface area contributed by atoms with Gasteiger partial charge in [0.15, 0.2) is 0 Å². The number of carbonyl (C=O) groups excluding carboxylic acids is 1. The molecule has 0 fully saturated rings. The van der Waals surface area contributed by atoms with Gasteiger partial charge < -0.3 is 9.84 Å². The van der Waals surface area contributed by atoms with Crippen LogP contribution in [-0.2, 0) is 9.59 Å². The van der Waals surface area contributed by atoms with Crippen LogP contribution in [0.5, 0.6) is 5.75 Å². The van der Waals surface area contributed by atoms with Gasteiger partial charge in [-0.05, 0) is 30.2 Å². The van der Waals surface area contributed by atoms with Gasteiger partial charge >= 0.3 is 11.9 Å². The lowest BCUT2D eigenvalue weighted by Crippen LogP contribution is -2.06. The van der Waals surface area contributed by atoms with Crippen molar-refractivity contribution in [1.29, 1.82) is 5.26 Å². The molecule has 0 aliphatic rings. The van der Waals surface area contributed by atoms with E-state index in [2.05, 4.69) is 0 Å². The second-order valence-electron chi connectivity index (χ2n) is 4.53. The Labute approximate surface area is 134 Å². The van der Waals surface area contributed by atoms with Gasteiger partial charge in [-0.15, -0.1) is 0 Å². The SMILES string of the molecule is CCCC(=O)Oc1ccc(C=CC=CC=C(C#N)C(=O)O)cc1. The molecule has 118 valence electrons. The van der Waals surface area contributed by atoms with Crippen molar-refractivity contribution in [2.45, 2.75) is 19.8 Å². The lowest BCUT2D eigenvalue weighted by atomic mass is 10.2. The number of rotatable bonds is 7.